The second-order valence-electron chi connectivity index (χ2n) is 9.93. The SMILES string of the molecule is CC(C)Cc1nc(C(=O)N[C@H](c2nc(-c3nc(-c4nc(B(O)O)cs4)ccc3-c3nc(C(N)=O)cs3)cs2)[C@@H](C)O)cs1. The summed E-state index contributed by atoms with van der Waals surface area (Å²) < 4.78 is 0. The normalized spacial score (nSPS) is 12.8. The fraction of sp³-hybridized carbons (Fsp3) is 0.269. The molecule has 0 aliphatic carbocycles. The largest absolute Gasteiger partial charge is 0.509 e. The van der Waals surface area contributed by atoms with Crippen molar-refractivity contribution in [3.05, 3.63) is 55.1 Å². The number of hydrogen-bond donors (Lipinski definition) is 5. The number of carbonyl (C=O) groups excluding carboxylic acids is 2. The molecule has 0 spiro atoms. The van der Waals surface area contributed by atoms with Crippen LogP contribution in [-0.4, -0.2) is 65.1 Å². The van der Waals surface area contributed by atoms with E-state index in [4.69, 9.17) is 15.7 Å². The Morgan fingerprint density at radius 2 is 1.63 bits per heavy atom. The molecule has 2 amide bonds. The molecule has 5 heterocycles. The number of carbonyl (C=O) groups is 2. The number of aliphatic hydroxyl groups is 1. The van der Waals surface area contributed by atoms with Crippen molar-refractivity contribution >= 4 is 69.9 Å². The molecular formula is C26H26BN7O5S4. The lowest BCUT2D eigenvalue weighted by Crippen LogP contribution is -2.35. The van der Waals surface area contributed by atoms with E-state index in [1.807, 2.05) is 0 Å². The number of primary amides is 1. The van der Waals surface area contributed by atoms with Gasteiger partial charge in [0.1, 0.15) is 43.8 Å². The monoisotopic (exact) mass is 655 g/mol. The molecule has 0 saturated heterocycles. The highest BCUT2D eigenvalue weighted by molar-refractivity contribution is 7.14. The maximum Gasteiger partial charge on any atom is 0.509 e. The molecule has 17 heteroatoms. The van der Waals surface area contributed by atoms with E-state index in [2.05, 4.69) is 34.1 Å². The molecule has 0 aliphatic rings. The predicted octanol–water partition coefficient (Wildman–Crippen LogP) is 2.74. The Morgan fingerprint density at radius 1 is 0.884 bits per heavy atom. The smallest absolute Gasteiger partial charge is 0.422 e. The molecule has 0 aliphatic heterocycles. The van der Waals surface area contributed by atoms with Crippen molar-refractivity contribution in [2.45, 2.75) is 39.3 Å². The van der Waals surface area contributed by atoms with Crippen LogP contribution >= 0.6 is 45.3 Å². The van der Waals surface area contributed by atoms with Crippen LogP contribution in [0.25, 0.3) is 32.7 Å². The summed E-state index contributed by atoms with van der Waals surface area (Å²) in [6.07, 6.45) is -0.198. The highest BCUT2D eigenvalue weighted by atomic mass is 32.1. The summed E-state index contributed by atoms with van der Waals surface area (Å²) in [5.41, 5.74) is 7.81. The zero-order valence-corrected chi connectivity index (χ0v) is 26.4. The van der Waals surface area contributed by atoms with Gasteiger partial charge in [-0.05, 0) is 25.0 Å². The van der Waals surface area contributed by atoms with Gasteiger partial charge in [0.2, 0.25) is 0 Å². The first-order valence-corrected chi connectivity index (χ1v) is 16.5. The molecule has 0 aromatic carbocycles. The van der Waals surface area contributed by atoms with Crippen LogP contribution in [-0.2, 0) is 6.42 Å². The number of thiazole rings is 4. The van der Waals surface area contributed by atoms with Crippen LogP contribution < -0.4 is 16.6 Å². The summed E-state index contributed by atoms with van der Waals surface area (Å²) >= 11 is 5.08. The Kier molecular flexibility index (Phi) is 9.41. The number of rotatable bonds is 11. The number of nitrogens with two attached hydrogens (primary N) is 1. The number of nitrogens with one attached hydrogen (secondary N) is 1. The van der Waals surface area contributed by atoms with Gasteiger partial charge in [-0.1, -0.05) is 13.8 Å². The van der Waals surface area contributed by atoms with E-state index in [0.29, 0.717) is 43.6 Å². The van der Waals surface area contributed by atoms with E-state index in [1.54, 1.807) is 35.2 Å². The van der Waals surface area contributed by atoms with Gasteiger partial charge in [0.15, 0.2) is 0 Å². The summed E-state index contributed by atoms with van der Waals surface area (Å²) in [7, 11) is -1.72. The van der Waals surface area contributed by atoms with Crippen molar-refractivity contribution in [3.63, 3.8) is 0 Å². The van der Waals surface area contributed by atoms with Crippen LogP contribution in [0.4, 0.5) is 0 Å². The van der Waals surface area contributed by atoms with E-state index in [0.717, 1.165) is 11.4 Å². The first kappa shape index (κ1) is 31.0. The summed E-state index contributed by atoms with van der Waals surface area (Å²) in [6.45, 7) is 5.73. The summed E-state index contributed by atoms with van der Waals surface area (Å²) in [5, 5.41) is 41.3. The maximum atomic E-state index is 13.1. The third-order valence-electron chi connectivity index (χ3n) is 6.05. The fourth-order valence-electron chi connectivity index (χ4n) is 3.98. The summed E-state index contributed by atoms with van der Waals surface area (Å²) in [5.74, 6) is -0.666. The minimum atomic E-state index is -1.72. The Bertz CT molecular complexity index is 1760. The van der Waals surface area contributed by atoms with Crippen molar-refractivity contribution < 1.29 is 24.7 Å². The number of hydrogen-bond acceptors (Lipinski definition) is 14. The molecule has 0 unspecified atom stereocenters. The quantitative estimate of drug-likeness (QED) is 0.132. The number of amides is 2. The maximum absolute atomic E-state index is 13.1. The second-order valence-corrected chi connectivity index (χ2v) is 13.5. The first-order valence-electron chi connectivity index (χ1n) is 13.0. The Hall–Kier alpha value is -3.45. The summed E-state index contributed by atoms with van der Waals surface area (Å²) in [4.78, 5) is 47.4. The van der Waals surface area contributed by atoms with Crippen molar-refractivity contribution in [1.29, 1.82) is 0 Å². The lowest BCUT2D eigenvalue weighted by Gasteiger charge is -2.18. The molecule has 222 valence electrons. The van der Waals surface area contributed by atoms with E-state index in [-0.39, 0.29) is 17.0 Å². The number of aromatic nitrogens is 5. The molecule has 43 heavy (non-hydrogen) atoms. The number of aliphatic hydroxyl groups excluding tert-OH is 1. The fourth-order valence-corrected chi connectivity index (χ4v) is 7.55. The first-order chi connectivity index (χ1) is 20.5. The Morgan fingerprint density at radius 3 is 2.28 bits per heavy atom. The zero-order chi connectivity index (χ0) is 30.8. The highest BCUT2D eigenvalue weighted by Crippen LogP contribution is 2.36. The number of pyridine rings is 1. The average molecular weight is 656 g/mol. The van der Waals surface area contributed by atoms with Gasteiger partial charge >= 0.3 is 7.12 Å². The summed E-state index contributed by atoms with van der Waals surface area (Å²) in [6, 6.07) is 2.66. The molecule has 5 rings (SSSR count). The van der Waals surface area contributed by atoms with Gasteiger partial charge in [-0.25, -0.2) is 24.9 Å². The van der Waals surface area contributed by atoms with Crippen molar-refractivity contribution in [1.82, 2.24) is 30.2 Å². The van der Waals surface area contributed by atoms with Crippen molar-refractivity contribution in [2.75, 3.05) is 0 Å². The minimum absolute atomic E-state index is 0.0985. The van der Waals surface area contributed by atoms with Gasteiger partial charge < -0.3 is 26.2 Å². The Labute approximate surface area is 262 Å². The lowest BCUT2D eigenvalue weighted by molar-refractivity contribution is 0.0853. The van der Waals surface area contributed by atoms with Crippen LogP contribution in [0, 0.1) is 5.92 Å². The molecule has 0 radical (unpaired) electrons. The minimum Gasteiger partial charge on any atom is -0.422 e. The van der Waals surface area contributed by atoms with Gasteiger partial charge in [-0.2, -0.15) is 0 Å². The molecule has 6 N–H and O–H groups in total. The molecule has 5 aromatic heterocycles. The highest BCUT2D eigenvalue weighted by Gasteiger charge is 2.27. The average Bonchev–Trinajstić information content (AvgIpc) is 3.77. The van der Waals surface area contributed by atoms with E-state index >= 15 is 0 Å². The van der Waals surface area contributed by atoms with Gasteiger partial charge in [0.05, 0.1) is 22.4 Å². The molecule has 5 aromatic rings. The van der Waals surface area contributed by atoms with Crippen molar-refractivity contribution in [3.8, 4) is 32.7 Å². The number of nitrogens with zero attached hydrogens (tertiary/aromatic N) is 5. The molecule has 0 saturated carbocycles. The third kappa shape index (κ3) is 7.04. The van der Waals surface area contributed by atoms with Gasteiger partial charge in [0, 0.05) is 33.5 Å². The molecule has 0 bridgehead atoms. The van der Waals surface area contributed by atoms with Crippen LogP contribution in [0.2, 0.25) is 0 Å². The van der Waals surface area contributed by atoms with E-state index < -0.39 is 31.1 Å². The lowest BCUT2D eigenvalue weighted by atomic mass is 9.88. The van der Waals surface area contributed by atoms with E-state index in [1.165, 1.54) is 50.7 Å². The van der Waals surface area contributed by atoms with Crippen LogP contribution in [0.3, 0.4) is 0 Å². The second kappa shape index (κ2) is 13.0. The van der Waals surface area contributed by atoms with Gasteiger partial charge in [-0.3, -0.25) is 9.59 Å². The van der Waals surface area contributed by atoms with Crippen LogP contribution in [0.1, 0.15) is 57.8 Å². The molecule has 2 atom stereocenters. The third-order valence-corrected chi connectivity index (χ3v) is 9.61. The zero-order valence-electron chi connectivity index (χ0n) is 23.1. The van der Waals surface area contributed by atoms with Gasteiger partial charge in [-0.15, -0.1) is 45.3 Å². The van der Waals surface area contributed by atoms with Crippen LogP contribution in [0.5, 0.6) is 0 Å². The molecule has 12 nitrogen and oxygen atoms in total. The van der Waals surface area contributed by atoms with Gasteiger partial charge in [0.25, 0.3) is 11.8 Å². The van der Waals surface area contributed by atoms with E-state index in [9.17, 15) is 24.7 Å². The predicted molar refractivity (Wildman–Crippen MR) is 168 cm³/mol. The Balaban J connectivity index is 1.50. The standard InChI is InChI=1S/C26H26BN7O5S4/c1-11(2)6-19-29-17(9-40-19)23(37)34-20(12(3)35)26-31-15(7-42-26)21-13(24-32-16(8-41-24)22(28)36)4-5-14(30-21)25-33-18(10-43-25)27(38)39/h4-5,7-12,20,35,38-39H,6H2,1-3H3,(H2,28,36)(H,34,37)/t12-,20+/m1/s1. The molecule has 0 fully saturated rings. The topological polar surface area (TPSA) is 197 Å². The molecular weight excluding hydrogens is 629 g/mol. The van der Waals surface area contributed by atoms with Crippen molar-refractivity contribution in [2.24, 2.45) is 11.7 Å². The van der Waals surface area contributed by atoms with Crippen LogP contribution in [0.15, 0.2) is 33.7 Å².